The number of nitrogens with zero attached hydrogens (tertiary/aromatic N) is 3. The van der Waals surface area contributed by atoms with Gasteiger partial charge in [0, 0.05) is 18.7 Å². The Labute approximate surface area is 133 Å². The second kappa shape index (κ2) is 5.96. The molecule has 120 valence electrons. The smallest absolute Gasteiger partial charge is 0.406 e. The number of aromatic nitrogens is 3. The van der Waals surface area contributed by atoms with Gasteiger partial charge < -0.3 is 10.1 Å². The van der Waals surface area contributed by atoms with Gasteiger partial charge in [0.25, 0.3) is 0 Å². The standard InChI is InChI=1S/C14H10ClF3N4O/c15-11-7-13(22-12(21-11)4-5-20-22)19-8-9-2-1-3-10(6-9)23-14(16,17)18/h1-7,19H,8H2. The van der Waals surface area contributed by atoms with E-state index in [0.717, 1.165) is 0 Å². The first kappa shape index (κ1) is 15.4. The van der Waals surface area contributed by atoms with Crippen molar-refractivity contribution in [2.45, 2.75) is 12.9 Å². The van der Waals surface area contributed by atoms with Crippen molar-refractivity contribution < 1.29 is 17.9 Å². The second-order valence-corrected chi connectivity index (χ2v) is 5.00. The summed E-state index contributed by atoms with van der Waals surface area (Å²) < 4.78 is 42.1. The minimum atomic E-state index is -4.72. The average Bonchev–Trinajstić information content (AvgIpc) is 2.91. The Hall–Kier alpha value is -2.48. The van der Waals surface area contributed by atoms with Crippen LogP contribution in [0, 0.1) is 0 Å². The Bertz CT molecular complexity index is 834. The van der Waals surface area contributed by atoms with E-state index in [1.54, 1.807) is 28.9 Å². The predicted octanol–water partition coefficient (Wildman–Crippen LogP) is 3.89. The maximum atomic E-state index is 12.2. The number of fused-ring (bicyclic) bond motifs is 1. The first-order valence-electron chi connectivity index (χ1n) is 6.49. The molecule has 0 amide bonds. The average molecular weight is 343 g/mol. The molecule has 0 unspecified atom stereocenters. The summed E-state index contributed by atoms with van der Waals surface area (Å²) in [6.45, 7) is 0.268. The molecule has 2 aromatic heterocycles. The molecular formula is C14H10ClF3N4O. The van der Waals surface area contributed by atoms with Crippen LogP contribution in [0.4, 0.5) is 19.0 Å². The Morgan fingerprint density at radius 1 is 1.22 bits per heavy atom. The lowest BCUT2D eigenvalue weighted by atomic mass is 10.2. The number of anilines is 1. The van der Waals surface area contributed by atoms with E-state index in [2.05, 4.69) is 20.1 Å². The van der Waals surface area contributed by atoms with E-state index < -0.39 is 6.36 Å². The third-order valence-electron chi connectivity index (χ3n) is 2.93. The summed E-state index contributed by atoms with van der Waals surface area (Å²) in [5.74, 6) is 0.306. The summed E-state index contributed by atoms with van der Waals surface area (Å²) in [7, 11) is 0. The zero-order chi connectivity index (χ0) is 16.4. The van der Waals surface area contributed by atoms with Gasteiger partial charge >= 0.3 is 6.36 Å². The fraction of sp³-hybridized carbons (Fsp3) is 0.143. The van der Waals surface area contributed by atoms with Crippen LogP contribution in [0.25, 0.3) is 5.65 Å². The van der Waals surface area contributed by atoms with Crippen molar-refractivity contribution >= 4 is 23.1 Å². The van der Waals surface area contributed by atoms with Gasteiger partial charge in [-0.2, -0.15) is 9.61 Å². The highest BCUT2D eigenvalue weighted by molar-refractivity contribution is 6.29. The molecule has 9 heteroatoms. The largest absolute Gasteiger partial charge is 0.573 e. The Balaban J connectivity index is 1.77. The Morgan fingerprint density at radius 3 is 2.83 bits per heavy atom. The van der Waals surface area contributed by atoms with Crippen molar-refractivity contribution in [3.63, 3.8) is 0 Å². The topological polar surface area (TPSA) is 51.5 Å². The van der Waals surface area contributed by atoms with Gasteiger partial charge in [0.05, 0.1) is 6.20 Å². The van der Waals surface area contributed by atoms with Crippen LogP contribution in [0.1, 0.15) is 5.56 Å². The van der Waals surface area contributed by atoms with Crippen LogP contribution in [-0.2, 0) is 6.54 Å². The molecule has 0 spiro atoms. The van der Waals surface area contributed by atoms with Gasteiger partial charge in [-0.05, 0) is 17.7 Å². The predicted molar refractivity (Wildman–Crippen MR) is 78.4 cm³/mol. The highest BCUT2D eigenvalue weighted by Gasteiger charge is 2.31. The molecule has 0 aliphatic rings. The molecule has 0 aliphatic heterocycles. The van der Waals surface area contributed by atoms with Crippen LogP contribution in [0.2, 0.25) is 5.15 Å². The first-order valence-corrected chi connectivity index (χ1v) is 6.87. The molecule has 0 aliphatic carbocycles. The molecular weight excluding hydrogens is 333 g/mol. The number of halogens is 4. The van der Waals surface area contributed by atoms with E-state index in [4.69, 9.17) is 11.6 Å². The fourth-order valence-electron chi connectivity index (χ4n) is 2.05. The van der Waals surface area contributed by atoms with Crippen LogP contribution in [0.3, 0.4) is 0 Å². The van der Waals surface area contributed by atoms with Crippen LogP contribution < -0.4 is 10.1 Å². The maximum Gasteiger partial charge on any atom is 0.573 e. The summed E-state index contributed by atoms with van der Waals surface area (Å²) >= 11 is 5.92. The summed E-state index contributed by atoms with van der Waals surface area (Å²) in [6, 6.07) is 8.99. The lowest BCUT2D eigenvalue weighted by Gasteiger charge is -2.11. The number of alkyl halides is 3. The molecule has 1 aromatic carbocycles. The van der Waals surface area contributed by atoms with Crippen molar-refractivity contribution in [3.8, 4) is 5.75 Å². The molecule has 0 fully saturated rings. The first-order chi connectivity index (χ1) is 10.9. The van der Waals surface area contributed by atoms with Crippen molar-refractivity contribution in [1.82, 2.24) is 14.6 Å². The monoisotopic (exact) mass is 342 g/mol. The number of rotatable bonds is 4. The van der Waals surface area contributed by atoms with E-state index in [9.17, 15) is 13.2 Å². The van der Waals surface area contributed by atoms with Crippen molar-refractivity contribution in [2.24, 2.45) is 0 Å². The van der Waals surface area contributed by atoms with E-state index in [1.165, 1.54) is 18.2 Å². The fourth-order valence-corrected chi connectivity index (χ4v) is 2.24. The Kier molecular flexibility index (Phi) is 3.99. The van der Waals surface area contributed by atoms with Gasteiger partial charge in [-0.3, -0.25) is 0 Å². The number of hydrogen-bond acceptors (Lipinski definition) is 4. The number of nitrogens with one attached hydrogen (secondary N) is 1. The van der Waals surface area contributed by atoms with Crippen LogP contribution in [0.5, 0.6) is 5.75 Å². The molecule has 0 bridgehead atoms. The van der Waals surface area contributed by atoms with Crippen LogP contribution in [0.15, 0.2) is 42.6 Å². The summed E-state index contributed by atoms with van der Waals surface area (Å²) in [5.41, 5.74) is 1.18. The van der Waals surface area contributed by atoms with Gasteiger partial charge in [0.15, 0.2) is 5.65 Å². The van der Waals surface area contributed by atoms with E-state index in [-0.39, 0.29) is 17.4 Å². The minimum absolute atomic E-state index is 0.268. The summed E-state index contributed by atoms with van der Waals surface area (Å²) in [6.07, 6.45) is -3.15. The lowest BCUT2D eigenvalue weighted by Crippen LogP contribution is -2.17. The molecule has 3 aromatic rings. The quantitative estimate of drug-likeness (QED) is 0.731. The minimum Gasteiger partial charge on any atom is -0.406 e. The van der Waals surface area contributed by atoms with Crippen molar-refractivity contribution in [1.29, 1.82) is 0 Å². The van der Waals surface area contributed by atoms with Crippen LogP contribution in [-0.4, -0.2) is 21.0 Å². The maximum absolute atomic E-state index is 12.2. The molecule has 3 rings (SSSR count). The van der Waals surface area contributed by atoms with Crippen molar-refractivity contribution in [2.75, 3.05) is 5.32 Å². The zero-order valence-electron chi connectivity index (χ0n) is 11.5. The molecule has 0 radical (unpaired) electrons. The molecule has 5 nitrogen and oxygen atoms in total. The second-order valence-electron chi connectivity index (χ2n) is 4.61. The van der Waals surface area contributed by atoms with Gasteiger partial charge in [-0.1, -0.05) is 23.7 Å². The zero-order valence-corrected chi connectivity index (χ0v) is 12.3. The third kappa shape index (κ3) is 3.84. The van der Waals surface area contributed by atoms with Gasteiger partial charge in [0.1, 0.15) is 16.7 Å². The normalized spacial score (nSPS) is 11.7. The highest BCUT2D eigenvalue weighted by atomic mass is 35.5. The van der Waals surface area contributed by atoms with Gasteiger partial charge in [0.2, 0.25) is 0 Å². The van der Waals surface area contributed by atoms with E-state index >= 15 is 0 Å². The molecule has 0 atom stereocenters. The molecule has 23 heavy (non-hydrogen) atoms. The van der Waals surface area contributed by atoms with Gasteiger partial charge in [-0.15, -0.1) is 13.2 Å². The summed E-state index contributed by atoms with van der Waals surface area (Å²) in [5, 5.41) is 7.44. The third-order valence-corrected chi connectivity index (χ3v) is 3.13. The SMILES string of the molecule is FC(F)(F)Oc1cccc(CNc2cc(Cl)nc3ccnn23)c1. The molecule has 0 saturated carbocycles. The molecule has 2 heterocycles. The van der Waals surface area contributed by atoms with E-state index in [1.807, 2.05) is 0 Å². The Morgan fingerprint density at radius 2 is 2.04 bits per heavy atom. The molecule has 1 N–H and O–H groups in total. The molecule has 0 saturated heterocycles. The number of benzene rings is 1. The number of ether oxygens (including phenoxy) is 1. The highest BCUT2D eigenvalue weighted by Crippen LogP contribution is 2.24. The van der Waals surface area contributed by atoms with E-state index in [0.29, 0.717) is 17.0 Å². The number of hydrogen-bond donors (Lipinski definition) is 1. The van der Waals surface area contributed by atoms with Crippen molar-refractivity contribution in [3.05, 3.63) is 53.3 Å². The summed E-state index contributed by atoms with van der Waals surface area (Å²) in [4.78, 5) is 4.09. The van der Waals surface area contributed by atoms with Crippen LogP contribution >= 0.6 is 11.6 Å². The van der Waals surface area contributed by atoms with Gasteiger partial charge in [-0.25, -0.2) is 4.98 Å². The lowest BCUT2D eigenvalue weighted by molar-refractivity contribution is -0.274.